The maximum atomic E-state index is 10.1. The van der Waals surface area contributed by atoms with Crippen LogP contribution in [0.25, 0.3) is 0 Å². The predicted octanol–water partition coefficient (Wildman–Crippen LogP) is 2.18. The monoisotopic (exact) mass is 214 g/mol. The Morgan fingerprint density at radius 3 is 2.38 bits per heavy atom. The van der Waals surface area contributed by atoms with Gasteiger partial charge in [0.25, 0.3) is 0 Å². The van der Waals surface area contributed by atoms with Gasteiger partial charge < -0.3 is 5.11 Å². The van der Waals surface area contributed by atoms with Crippen molar-refractivity contribution in [2.45, 2.75) is 20.0 Å². The molecule has 1 heterocycles. The first kappa shape index (κ1) is 10.8. The number of hydrogen-bond donors (Lipinski definition) is 1. The van der Waals surface area contributed by atoms with E-state index in [1.54, 1.807) is 12.3 Å². The molecule has 3 nitrogen and oxygen atoms in total. The average Bonchev–Trinajstić information content (AvgIpc) is 2.29. The summed E-state index contributed by atoms with van der Waals surface area (Å²) in [6.07, 6.45) is 0.983. The zero-order valence-corrected chi connectivity index (χ0v) is 9.38. The Morgan fingerprint density at radius 2 is 1.75 bits per heavy atom. The fourth-order valence-corrected chi connectivity index (χ4v) is 1.55. The maximum Gasteiger partial charge on any atom is 0.125 e. The first-order chi connectivity index (χ1) is 7.66. The van der Waals surface area contributed by atoms with Crippen molar-refractivity contribution < 1.29 is 5.11 Å². The molecular formula is C13H14N2O. The third-order valence-electron chi connectivity index (χ3n) is 2.47. The summed E-state index contributed by atoms with van der Waals surface area (Å²) in [5.41, 5.74) is 2.66. The van der Waals surface area contributed by atoms with Crippen molar-refractivity contribution in [2.75, 3.05) is 0 Å². The van der Waals surface area contributed by atoms with E-state index in [-0.39, 0.29) is 0 Å². The second-order valence-corrected chi connectivity index (χ2v) is 3.84. The summed E-state index contributed by atoms with van der Waals surface area (Å²) in [6.45, 7) is 3.83. The Hall–Kier alpha value is -1.74. The van der Waals surface area contributed by atoms with Gasteiger partial charge in [0.2, 0.25) is 0 Å². The second kappa shape index (κ2) is 4.41. The van der Waals surface area contributed by atoms with E-state index in [1.165, 1.54) is 5.56 Å². The predicted molar refractivity (Wildman–Crippen MR) is 62.0 cm³/mol. The van der Waals surface area contributed by atoms with Gasteiger partial charge in [-0.15, -0.1) is 0 Å². The van der Waals surface area contributed by atoms with Crippen LogP contribution in [0.1, 0.15) is 28.7 Å². The van der Waals surface area contributed by atoms with Gasteiger partial charge in [-0.25, -0.2) is 9.97 Å². The van der Waals surface area contributed by atoms with Crippen LogP contribution in [-0.2, 0) is 0 Å². The Morgan fingerprint density at radius 1 is 1.06 bits per heavy atom. The van der Waals surface area contributed by atoms with Crippen molar-refractivity contribution >= 4 is 0 Å². The summed E-state index contributed by atoms with van der Waals surface area (Å²) in [5.74, 6) is 0.670. The van der Waals surface area contributed by atoms with E-state index in [2.05, 4.69) is 9.97 Å². The molecule has 1 unspecified atom stereocenters. The molecule has 3 heteroatoms. The first-order valence-corrected chi connectivity index (χ1v) is 5.21. The largest absolute Gasteiger partial charge is 0.382 e. The number of aliphatic hydroxyl groups excluding tert-OH is 1. The normalized spacial score (nSPS) is 12.4. The van der Waals surface area contributed by atoms with Crippen LogP contribution in [0.4, 0.5) is 0 Å². The Kier molecular flexibility index (Phi) is 2.97. The molecule has 0 aliphatic rings. The summed E-state index contributed by atoms with van der Waals surface area (Å²) < 4.78 is 0. The van der Waals surface area contributed by atoms with Gasteiger partial charge in [0, 0.05) is 6.20 Å². The fourth-order valence-electron chi connectivity index (χ4n) is 1.55. The SMILES string of the molecule is Cc1ccc(C(O)c2ccnc(C)n2)cc1. The number of hydrogen-bond acceptors (Lipinski definition) is 3. The minimum Gasteiger partial charge on any atom is -0.382 e. The number of nitrogens with zero attached hydrogens (tertiary/aromatic N) is 2. The van der Waals surface area contributed by atoms with Crippen molar-refractivity contribution in [3.05, 3.63) is 59.2 Å². The average molecular weight is 214 g/mol. The fraction of sp³-hybridized carbons (Fsp3) is 0.231. The standard InChI is InChI=1S/C13H14N2O/c1-9-3-5-11(6-4-9)13(16)12-7-8-14-10(2)15-12/h3-8,13,16H,1-2H3. The molecule has 1 aromatic heterocycles. The molecule has 0 saturated carbocycles. The molecule has 0 aliphatic carbocycles. The molecule has 0 amide bonds. The molecule has 2 rings (SSSR count). The van der Waals surface area contributed by atoms with Crippen LogP contribution in [0.3, 0.4) is 0 Å². The lowest BCUT2D eigenvalue weighted by atomic mass is 10.0. The Bertz CT molecular complexity index is 480. The molecule has 82 valence electrons. The quantitative estimate of drug-likeness (QED) is 0.833. The van der Waals surface area contributed by atoms with Crippen LogP contribution in [0.15, 0.2) is 36.5 Å². The summed E-state index contributed by atoms with van der Waals surface area (Å²) >= 11 is 0. The molecule has 0 saturated heterocycles. The molecule has 16 heavy (non-hydrogen) atoms. The van der Waals surface area contributed by atoms with Gasteiger partial charge in [0.05, 0.1) is 5.69 Å². The molecule has 1 N–H and O–H groups in total. The van der Waals surface area contributed by atoms with Crippen LogP contribution >= 0.6 is 0 Å². The number of benzene rings is 1. The minimum absolute atomic E-state index is 0.636. The second-order valence-electron chi connectivity index (χ2n) is 3.84. The van der Waals surface area contributed by atoms with Crippen molar-refractivity contribution in [2.24, 2.45) is 0 Å². The topological polar surface area (TPSA) is 46.0 Å². The summed E-state index contributed by atoms with van der Waals surface area (Å²) in [4.78, 5) is 8.22. The van der Waals surface area contributed by atoms with Gasteiger partial charge in [-0.3, -0.25) is 0 Å². The van der Waals surface area contributed by atoms with Crippen LogP contribution in [0.5, 0.6) is 0 Å². The van der Waals surface area contributed by atoms with Crippen LogP contribution < -0.4 is 0 Å². The summed E-state index contributed by atoms with van der Waals surface area (Å²) in [6, 6.07) is 9.52. The highest BCUT2D eigenvalue weighted by molar-refractivity contribution is 5.28. The van der Waals surface area contributed by atoms with E-state index in [0.717, 1.165) is 5.56 Å². The smallest absolute Gasteiger partial charge is 0.125 e. The zero-order chi connectivity index (χ0) is 11.5. The molecule has 0 bridgehead atoms. The Balaban J connectivity index is 2.31. The molecular weight excluding hydrogens is 200 g/mol. The van der Waals surface area contributed by atoms with Gasteiger partial charge >= 0.3 is 0 Å². The van der Waals surface area contributed by atoms with Gasteiger partial charge in [-0.2, -0.15) is 0 Å². The van der Waals surface area contributed by atoms with Gasteiger partial charge in [0.1, 0.15) is 11.9 Å². The Labute approximate surface area is 94.8 Å². The van der Waals surface area contributed by atoms with Gasteiger partial charge in [-0.05, 0) is 25.5 Å². The van der Waals surface area contributed by atoms with Crippen molar-refractivity contribution in [1.82, 2.24) is 9.97 Å². The molecule has 0 radical (unpaired) electrons. The van der Waals surface area contributed by atoms with E-state index in [9.17, 15) is 5.11 Å². The van der Waals surface area contributed by atoms with E-state index in [4.69, 9.17) is 0 Å². The lowest BCUT2D eigenvalue weighted by Crippen LogP contribution is -2.04. The molecule has 1 aromatic carbocycles. The van der Waals surface area contributed by atoms with E-state index >= 15 is 0 Å². The van der Waals surface area contributed by atoms with E-state index in [0.29, 0.717) is 11.5 Å². The third kappa shape index (κ3) is 2.25. The van der Waals surface area contributed by atoms with Crippen molar-refractivity contribution in [3.8, 4) is 0 Å². The maximum absolute atomic E-state index is 10.1. The highest BCUT2D eigenvalue weighted by Gasteiger charge is 2.11. The van der Waals surface area contributed by atoms with Crippen molar-refractivity contribution in [3.63, 3.8) is 0 Å². The zero-order valence-electron chi connectivity index (χ0n) is 9.38. The molecule has 1 atom stereocenters. The van der Waals surface area contributed by atoms with Crippen LogP contribution in [0, 0.1) is 13.8 Å². The van der Waals surface area contributed by atoms with Crippen LogP contribution in [-0.4, -0.2) is 15.1 Å². The highest BCUT2D eigenvalue weighted by atomic mass is 16.3. The van der Waals surface area contributed by atoms with Crippen molar-refractivity contribution in [1.29, 1.82) is 0 Å². The van der Waals surface area contributed by atoms with E-state index < -0.39 is 6.10 Å². The first-order valence-electron chi connectivity index (χ1n) is 5.21. The molecule has 0 aliphatic heterocycles. The number of aryl methyl sites for hydroxylation is 2. The van der Waals surface area contributed by atoms with Gasteiger partial charge in [0.15, 0.2) is 0 Å². The number of aromatic nitrogens is 2. The van der Waals surface area contributed by atoms with Crippen LogP contribution in [0.2, 0.25) is 0 Å². The number of aliphatic hydroxyl groups is 1. The lowest BCUT2D eigenvalue weighted by molar-refractivity contribution is 0.215. The number of rotatable bonds is 2. The third-order valence-corrected chi connectivity index (χ3v) is 2.47. The summed E-state index contributed by atoms with van der Waals surface area (Å²) in [7, 11) is 0. The minimum atomic E-state index is -0.678. The van der Waals surface area contributed by atoms with Gasteiger partial charge in [-0.1, -0.05) is 29.8 Å². The van der Waals surface area contributed by atoms with E-state index in [1.807, 2.05) is 38.1 Å². The molecule has 2 aromatic rings. The summed E-state index contributed by atoms with van der Waals surface area (Å²) in [5, 5.41) is 10.1. The highest BCUT2D eigenvalue weighted by Crippen LogP contribution is 2.19. The lowest BCUT2D eigenvalue weighted by Gasteiger charge is -2.10. The molecule has 0 spiro atoms. The molecule has 0 fully saturated rings.